The van der Waals surface area contributed by atoms with E-state index in [1.54, 1.807) is 0 Å². The molecule has 0 spiro atoms. The summed E-state index contributed by atoms with van der Waals surface area (Å²) < 4.78 is 0. The smallest absolute Gasteiger partial charge is 0.0157 e. The zero-order chi connectivity index (χ0) is 9.90. The highest BCUT2D eigenvalue weighted by molar-refractivity contribution is 5.08. The van der Waals surface area contributed by atoms with Crippen LogP contribution in [0.15, 0.2) is 54.7 Å². The van der Waals surface area contributed by atoms with Gasteiger partial charge in [-0.25, -0.2) is 0 Å². The molecule has 1 rings (SSSR count). The van der Waals surface area contributed by atoms with Crippen LogP contribution in [0.2, 0.25) is 0 Å². The van der Waals surface area contributed by atoms with E-state index in [1.807, 2.05) is 12.2 Å². The van der Waals surface area contributed by atoms with Gasteiger partial charge < -0.3 is 0 Å². The summed E-state index contributed by atoms with van der Waals surface area (Å²) in [4.78, 5) is 0. The van der Waals surface area contributed by atoms with Gasteiger partial charge in [-0.05, 0) is 31.8 Å². The van der Waals surface area contributed by atoms with Gasteiger partial charge in [-0.15, -0.1) is 0 Å². The fourth-order valence-electron chi connectivity index (χ4n) is 1.15. The standard InChI is InChI=1S/C14H17/c1-2-4-6-8-10-12-14-13-11-9-7-5-3-1/h1-4,7-9,12,14H,5-6,11,13H2/b3-1-,4-2+,9-7+,10-8?,14-12-. The van der Waals surface area contributed by atoms with E-state index in [1.165, 1.54) is 0 Å². The van der Waals surface area contributed by atoms with Crippen molar-refractivity contribution in [1.82, 2.24) is 0 Å². The van der Waals surface area contributed by atoms with Gasteiger partial charge in [0.25, 0.3) is 0 Å². The fraction of sp³-hybridized carbons (Fsp3) is 0.286. The molecule has 1 aliphatic carbocycles. The summed E-state index contributed by atoms with van der Waals surface area (Å²) in [5.74, 6) is 0. The molecule has 0 aliphatic heterocycles. The molecule has 1 radical (unpaired) electrons. The second-order valence-electron chi connectivity index (χ2n) is 3.15. The third-order valence-electron chi connectivity index (χ3n) is 1.91. The summed E-state index contributed by atoms with van der Waals surface area (Å²) in [5, 5.41) is 0. The van der Waals surface area contributed by atoms with E-state index < -0.39 is 0 Å². The Kier molecular flexibility index (Phi) is 6.39. The van der Waals surface area contributed by atoms with Gasteiger partial charge in [-0.1, -0.05) is 54.7 Å². The van der Waals surface area contributed by atoms with E-state index in [9.17, 15) is 0 Å². The maximum absolute atomic E-state index is 3.13. The summed E-state index contributed by atoms with van der Waals surface area (Å²) in [6.07, 6.45) is 26.5. The van der Waals surface area contributed by atoms with Gasteiger partial charge in [0, 0.05) is 0 Å². The first-order valence-electron chi connectivity index (χ1n) is 5.19. The fourth-order valence-corrected chi connectivity index (χ4v) is 1.15. The van der Waals surface area contributed by atoms with Crippen molar-refractivity contribution in [2.24, 2.45) is 0 Å². The van der Waals surface area contributed by atoms with Crippen LogP contribution in [0, 0.1) is 6.08 Å². The molecule has 0 bridgehead atoms. The van der Waals surface area contributed by atoms with Crippen molar-refractivity contribution in [2.45, 2.75) is 25.7 Å². The molecule has 0 nitrogen and oxygen atoms in total. The maximum Gasteiger partial charge on any atom is -0.0157 e. The Balaban J connectivity index is 2.45. The zero-order valence-electron chi connectivity index (χ0n) is 8.52. The molecule has 0 fully saturated rings. The molecule has 0 aromatic rings. The number of allylic oxidation sites excluding steroid dienone is 10. The van der Waals surface area contributed by atoms with E-state index in [-0.39, 0.29) is 0 Å². The van der Waals surface area contributed by atoms with Crippen molar-refractivity contribution in [2.75, 3.05) is 0 Å². The Bertz CT molecular complexity index is 262. The monoisotopic (exact) mass is 185 g/mol. The van der Waals surface area contributed by atoms with Crippen LogP contribution in [-0.4, -0.2) is 0 Å². The topological polar surface area (TPSA) is 0 Å². The van der Waals surface area contributed by atoms with Crippen LogP contribution in [0.25, 0.3) is 0 Å². The van der Waals surface area contributed by atoms with Crippen LogP contribution >= 0.6 is 0 Å². The van der Waals surface area contributed by atoms with E-state index in [4.69, 9.17) is 0 Å². The second-order valence-corrected chi connectivity index (χ2v) is 3.15. The Morgan fingerprint density at radius 3 is 2.43 bits per heavy atom. The van der Waals surface area contributed by atoms with Crippen molar-refractivity contribution in [3.05, 3.63) is 60.8 Å². The molecule has 0 atom stereocenters. The van der Waals surface area contributed by atoms with Crippen molar-refractivity contribution >= 4 is 0 Å². The molecule has 1 aliphatic rings. The third-order valence-corrected chi connectivity index (χ3v) is 1.91. The van der Waals surface area contributed by atoms with Gasteiger partial charge >= 0.3 is 0 Å². The molecule has 0 aromatic carbocycles. The predicted molar refractivity (Wildman–Crippen MR) is 62.8 cm³/mol. The summed E-state index contributed by atoms with van der Waals surface area (Å²) in [6, 6.07) is 0. The van der Waals surface area contributed by atoms with Crippen LogP contribution in [0.5, 0.6) is 0 Å². The van der Waals surface area contributed by atoms with Crippen LogP contribution in [0.3, 0.4) is 0 Å². The first-order valence-corrected chi connectivity index (χ1v) is 5.19. The first kappa shape index (κ1) is 10.8. The average Bonchev–Trinajstić information content (AvgIpc) is 2.22. The second kappa shape index (κ2) is 8.31. The van der Waals surface area contributed by atoms with Gasteiger partial charge in [-0.2, -0.15) is 0 Å². The van der Waals surface area contributed by atoms with Gasteiger partial charge in [-0.3, -0.25) is 0 Å². The molecular formula is C14H17. The molecule has 0 aromatic heterocycles. The summed E-state index contributed by atoms with van der Waals surface area (Å²) in [7, 11) is 0. The largest absolute Gasteiger partial charge is 0.0879 e. The molecule has 0 unspecified atom stereocenters. The van der Waals surface area contributed by atoms with E-state index >= 15 is 0 Å². The van der Waals surface area contributed by atoms with Crippen molar-refractivity contribution in [3.63, 3.8) is 0 Å². The molecule has 73 valence electrons. The van der Waals surface area contributed by atoms with Gasteiger partial charge in [0.1, 0.15) is 0 Å². The molecule has 0 amide bonds. The summed E-state index contributed by atoms with van der Waals surface area (Å²) in [6.45, 7) is 0. The van der Waals surface area contributed by atoms with Crippen LogP contribution in [0.4, 0.5) is 0 Å². The molecule has 0 saturated carbocycles. The SMILES string of the molecule is [C]1=C/C/C=C/C=C\C/C=C/CC\C=C/1. The molecule has 0 heteroatoms. The molecular weight excluding hydrogens is 168 g/mol. The predicted octanol–water partition coefficient (Wildman–Crippen LogP) is 4.14. The minimum atomic E-state index is 0.963. The number of rotatable bonds is 0. The van der Waals surface area contributed by atoms with Gasteiger partial charge in [0.15, 0.2) is 0 Å². The molecule has 0 N–H and O–H groups in total. The first-order chi connectivity index (χ1) is 7.00. The highest BCUT2D eigenvalue weighted by Crippen LogP contribution is 1.97. The van der Waals surface area contributed by atoms with E-state index in [0.29, 0.717) is 0 Å². The van der Waals surface area contributed by atoms with Crippen molar-refractivity contribution in [1.29, 1.82) is 0 Å². The lowest BCUT2D eigenvalue weighted by atomic mass is 10.2. The van der Waals surface area contributed by atoms with Gasteiger partial charge in [0.2, 0.25) is 0 Å². The normalized spacial score (nSPS) is 29.7. The molecule has 14 heavy (non-hydrogen) atoms. The maximum atomic E-state index is 3.13. The Labute approximate surface area is 87.0 Å². The highest BCUT2D eigenvalue weighted by atomic mass is 13.8. The minimum Gasteiger partial charge on any atom is -0.0879 e. The van der Waals surface area contributed by atoms with E-state index in [0.717, 1.165) is 25.7 Å². The minimum absolute atomic E-state index is 0.963. The van der Waals surface area contributed by atoms with E-state index in [2.05, 4.69) is 48.6 Å². The average molecular weight is 185 g/mol. The molecule has 0 saturated heterocycles. The number of hydrogen-bond acceptors (Lipinski definition) is 0. The van der Waals surface area contributed by atoms with Crippen LogP contribution < -0.4 is 0 Å². The highest BCUT2D eigenvalue weighted by Gasteiger charge is 1.77. The van der Waals surface area contributed by atoms with Crippen molar-refractivity contribution in [3.8, 4) is 0 Å². The Morgan fingerprint density at radius 2 is 1.50 bits per heavy atom. The zero-order valence-corrected chi connectivity index (χ0v) is 8.52. The van der Waals surface area contributed by atoms with Gasteiger partial charge in [0.05, 0.1) is 0 Å². The lowest BCUT2D eigenvalue weighted by Gasteiger charge is -1.86. The summed E-state index contributed by atoms with van der Waals surface area (Å²) >= 11 is 0. The lowest BCUT2D eigenvalue weighted by molar-refractivity contribution is 1.04. The number of hydrogen-bond donors (Lipinski definition) is 0. The summed E-state index contributed by atoms with van der Waals surface area (Å²) in [5.41, 5.74) is 0. The Hall–Kier alpha value is -1.30. The quantitative estimate of drug-likeness (QED) is 0.497. The van der Waals surface area contributed by atoms with Crippen LogP contribution in [-0.2, 0) is 0 Å². The van der Waals surface area contributed by atoms with Crippen LogP contribution in [0.1, 0.15) is 25.7 Å². The van der Waals surface area contributed by atoms with Crippen molar-refractivity contribution < 1.29 is 0 Å². The Morgan fingerprint density at radius 1 is 0.714 bits per heavy atom. The third kappa shape index (κ3) is 6.24. The lowest BCUT2D eigenvalue weighted by Crippen LogP contribution is -1.66. The molecule has 0 heterocycles.